The highest BCUT2D eigenvalue weighted by molar-refractivity contribution is 5.91. The quantitative estimate of drug-likeness (QED) is 0.195. The molecule has 0 saturated heterocycles. The summed E-state index contributed by atoms with van der Waals surface area (Å²) in [6.45, 7) is 4.98. The molecule has 2 aromatic rings. The summed E-state index contributed by atoms with van der Waals surface area (Å²) < 4.78 is 40.0. The Morgan fingerprint density at radius 1 is 0.909 bits per heavy atom. The van der Waals surface area contributed by atoms with E-state index >= 15 is 0 Å². The summed E-state index contributed by atoms with van der Waals surface area (Å²) in [7, 11) is 0. The zero-order chi connectivity index (χ0) is 23.6. The molecule has 180 valence electrons. The Kier molecular flexibility index (Phi) is 9.71. The van der Waals surface area contributed by atoms with E-state index in [1.807, 2.05) is 0 Å². The maximum absolute atomic E-state index is 14.6. The van der Waals surface area contributed by atoms with Crippen LogP contribution < -0.4 is 9.47 Å². The van der Waals surface area contributed by atoms with Gasteiger partial charge in [0.05, 0.1) is 12.2 Å². The molecule has 5 heteroatoms. The van der Waals surface area contributed by atoms with E-state index < -0.39 is 17.6 Å². The zero-order valence-electron chi connectivity index (χ0n) is 19.9. The summed E-state index contributed by atoms with van der Waals surface area (Å²) in [5, 5.41) is 0. The fourth-order valence-electron chi connectivity index (χ4n) is 4.52. The first kappa shape index (κ1) is 25.2. The predicted molar refractivity (Wildman–Crippen MR) is 127 cm³/mol. The van der Waals surface area contributed by atoms with E-state index in [0.29, 0.717) is 30.3 Å². The van der Waals surface area contributed by atoms with Crippen LogP contribution in [-0.4, -0.2) is 12.6 Å². The maximum atomic E-state index is 14.6. The van der Waals surface area contributed by atoms with Gasteiger partial charge in [-0.05, 0) is 67.0 Å². The van der Waals surface area contributed by atoms with Crippen molar-refractivity contribution >= 4 is 5.97 Å². The molecule has 1 aliphatic rings. The first-order valence-corrected chi connectivity index (χ1v) is 12.4. The Hall–Kier alpha value is -2.43. The SMILES string of the molecule is CCCCCOc1ccc(C(=O)Oc2ccc(CCC3CCC(CC)CC3)c(F)c2F)cc1. The third-order valence-corrected chi connectivity index (χ3v) is 6.80. The monoisotopic (exact) mass is 458 g/mol. The highest BCUT2D eigenvalue weighted by Gasteiger charge is 2.22. The number of halogens is 2. The second kappa shape index (κ2) is 12.7. The van der Waals surface area contributed by atoms with Crippen molar-refractivity contribution in [2.75, 3.05) is 6.61 Å². The van der Waals surface area contributed by atoms with E-state index in [2.05, 4.69) is 13.8 Å². The molecule has 1 saturated carbocycles. The van der Waals surface area contributed by atoms with Crippen molar-refractivity contribution in [1.82, 2.24) is 0 Å². The number of aryl methyl sites for hydroxylation is 1. The van der Waals surface area contributed by atoms with Crippen LogP contribution in [0.1, 0.15) is 87.6 Å². The summed E-state index contributed by atoms with van der Waals surface area (Å²) in [4.78, 5) is 12.4. The minimum absolute atomic E-state index is 0.252. The van der Waals surface area contributed by atoms with Crippen molar-refractivity contribution in [1.29, 1.82) is 0 Å². The molecule has 0 heterocycles. The minimum Gasteiger partial charge on any atom is -0.494 e. The highest BCUT2D eigenvalue weighted by Crippen LogP contribution is 2.34. The van der Waals surface area contributed by atoms with Gasteiger partial charge in [-0.2, -0.15) is 4.39 Å². The second-order valence-electron chi connectivity index (χ2n) is 9.15. The third-order valence-electron chi connectivity index (χ3n) is 6.80. The van der Waals surface area contributed by atoms with Gasteiger partial charge in [-0.1, -0.05) is 64.9 Å². The Morgan fingerprint density at radius 3 is 2.27 bits per heavy atom. The maximum Gasteiger partial charge on any atom is 0.343 e. The highest BCUT2D eigenvalue weighted by atomic mass is 19.2. The molecule has 3 rings (SSSR count). The van der Waals surface area contributed by atoms with Gasteiger partial charge < -0.3 is 9.47 Å². The molecule has 0 bridgehead atoms. The number of carbonyl (C=O) groups excluding carboxylic acids is 1. The third kappa shape index (κ3) is 7.28. The molecule has 3 nitrogen and oxygen atoms in total. The molecular weight excluding hydrogens is 422 g/mol. The van der Waals surface area contributed by atoms with Crippen LogP contribution in [0.25, 0.3) is 0 Å². The molecule has 0 unspecified atom stereocenters. The van der Waals surface area contributed by atoms with Crippen LogP contribution in [0.3, 0.4) is 0 Å². The van der Waals surface area contributed by atoms with Crippen molar-refractivity contribution in [2.45, 2.75) is 78.1 Å². The summed E-state index contributed by atoms with van der Waals surface area (Å²) in [5.41, 5.74) is 0.594. The molecule has 0 aliphatic heterocycles. The van der Waals surface area contributed by atoms with Crippen molar-refractivity contribution in [2.24, 2.45) is 11.8 Å². The number of unbranched alkanes of at least 4 members (excludes halogenated alkanes) is 2. The van der Waals surface area contributed by atoms with E-state index in [1.54, 1.807) is 24.3 Å². The van der Waals surface area contributed by atoms with Crippen LogP contribution in [-0.2, 0) is 6.42 Å². The molecular formula is C28H36F2O3. The first-order chi connectivity index (χ1) is 16.0. The zero-order valence-corrected chi connectivity index (χ0v) is 19.9. The molecule has 0 spiro atoms. The lowest BCUT2D eigenvalue weighted by atomic mass is 9.78. The summed E-state index contributed by atoms with van der Waals surface area (Å²) in [6, 6.07) is 9.37. The van der Waals surface area contributed by atoms with Crippen molar-refractivity contribution in [3.8, 4) is 11.5 Å². The fraction of sp³-hybridized carbons (Fsp3) is 0.536. The van der Waals surface area contributed by atoms with Gasteiger partial charge in [0.25, 0.3) is 0 Å². The van der Waals surface area contributed by atoms with Gasteiger partial charge in [-0.25, -0.2) is 9.18 Å². The van der Waals surface area contributed by atoms with Crippen molar-refractivity contribution < 1.29 is 23.0 Å². The van der Waals surface area contributed by atoms with Crippen molar-refractivity contribution in [3.05, 3.63) is 59.2 Å². The van der Waals surface area contributed by atoms with Crippen LogP contribution in [0.15, 0.2) is 36.4 Å². The molecule has 0 N–H and O–H groups in total. The number of esters is 1. The molecule has 2 aromatic carbocycles. The molecule has 1 aliphatic carbocycles. The van der Waals surface area contributed by atoms with Crippen LogP contribution in [0.5, 0.6) is 11.5 Å². The average Bonchev–Trinajstić information content (AvgIpc) is 2.85. The van der Waals surface area contributed by atoms with Gasteiger partial charge in [0.1, 0.15) is 5.75 Å². The smallest absolute Gasteiger partial charge is 0.343 e. The van der Waals surface area contributed by atoms with E-state index in [0.717, 1.165) is 31.6 Å². The minimum atomic E-state index is -1.11. The van der Waals surface area contributed by atoms with Crippen LogP contribution in [0.2, 0.25) is 0 Å². The standard InChI is InChI=1S/C28H36F2O3/c1-3-5-6-19-32-24-16-13-23(14-17-24)28(31)33-25-18-15-22(26(29)27(25)30)12-11-21-9-7-20(4-2)8-10-21/h13-18,20-21H,3-12,19H2,1-2H3. The van der Waals surface area contributed by atoms with Crippen LogP contribution in [0, 0.1) is 23.5 Å². The van der Waals surface area contributed by atoms with Gasteiger partial charge in [0, 0.05) is 0 Å². The Bertz CT molecular complexity index is 887. The van der Waals surface area contributed by atoms with Gasteiger partial charge in [-0.15, -0.1) is 0 Å². The molecule has 0 amide bonds. The number of hydrogen-bond acceptors (Lipinski definition) is 3. The Morgan fingerprint density at radius 2 is 1.61 bits per heavy atom. The van der Waals surface area contributed by atoms with Crippen molar-refractivity contribution in [3.63, 3.8) is 0 Å². The summed E-state index contributed by atoms with van der Waals surface area (Å²) in [5.74, 6) is -1.08. The average molecular weight is 459 g/mol. The number of ether oxygens (including phenoxy) is 2. The van der Waals surface area contributed by atoms with Gasteiger partial charge in [0.15, 0.2) is 11.6 Å². The first-order valence-electron chi connectivity index (χ1n) is 12.4. The van der Waals surface area contributed by atoms with Crippen LogP contribution in [0.4, 0.5) is 8.78 Å². The Labute approximate surface area is 196 Å². The van der Waals surface area contributed by atoms with E-state index in [4.69, 9.17) is 9.47 Å². The van der Waals surface area contributed by atoms with Crippen LogP contribution >= 0.6 is 0 Å². The molecule has 0 aromatic heterocycles. The number of hydrogen-bond donors (Lipinski definition) is 0. The van der Waals surface area contributed by atoms with E-state index in [-0.39, 0.29) is 11.3 Å². The van der Waals surface area contributed by atoms with E-state index in [9.17, 15) is 13.6 Å². The number of carbonyl (C=O) groups is 1. The molecule has 0 atom stereocenters. The number of rotatable bonds is 11. The largest absolute Gasteiger partial charge is 0.494 e. The lowest BCUT2D eigenvalue weighted by molar-refractivity contribution is 0.0726. The molecule has 0 radical (unpaired) electrons. The topological polar surface area (TPSA) is 35.5 Å². The Balaban J connectivity index is 1.53. The summed E-state index contributed by atoms with van der Waals surface area (Å²) in [6.07, 6.45) is 10.6. The normalized spacial score (nSPS) is 18.2. The van der Waals surface area contributed by atoms with Gasteiger partial charge >= 0.3 is 5.97 Å². The number of benzene rings is 2. The predicted octanol–water partition coefficient (Wildman–Crippen LogP) is 7.90. The summed E-state index contributed by atoms with van der Waals surface area (Å²) >= 11 is 0. The molecule has 1 fully saturated rings. The van der Waals surface area contributed by atoms with Gasteiger partial charge in [-0.3, -0.25) is 0 Å². The lowest BCUT2D eigenvalue weighted by Gasteiger charge is -2.27. The lowest BCUT2D eigenvalue weighted by Crippen LogP contribution is -2.15. The molecule has 33 heavy (non-hydrogen) atoms. The fourth-order valence-corrected chi connectivity index (χ4v) is 4.52. The van der Waals surface area contributed by atoms with E-state index in [1.165, 1.54) is 44.2 Å². The second-order valence-corrected chi connectivity index (χ2v) is 9.15. The van der Waals surface area contributed by atoms with Gasteiger partial charge in [0.2, 0.25) is 5.82 Å².